The van der Waals surface area contributed by atoms with Crippen LogP contribution in [0.2, 0.25) is 0 Å². The first-order valence-electron chi connectivity index (χ1n) is 6.15. The molecule has 0 aromatic rings. The summed E-state index contributed by atoms with van der Waals surface area (Å²) in [5.41, 5.74) is -0.819. The average molecular weight is 226 g/mol. The van der Waals surface area contributed by atoms with Gasteiger partial charge in [0.05, 0.1) is 6.61 Å². The Morgan fingerprint density at radius 3 is 2.38 bits per heavy atom. The quantitative estimate of drug-likeness (QED) is 0.534. The summed E-state index contributed by atoms with van der Waals surface area (Å²) in [4.78, 5) is 24.1. The molecule has 1 rings (SSSR count). The van der Waals surface area contributed by atoms with E-state index in [1.807, 2.05) is 20.8 Å². The number of hydrogen-bond donors (Lipinski definition) is 0. The largest absolute Gasteiger partial charge is 0.465 e. The van der Waals surface area contributed by atoms with Crippen LogP contribution in [0.4, 0.5) is 0 Å². The summed E-state index contributed by atoms with van der Waals surface area (Å²) in [6.45, 7) is 8.10. The van der Waals surface area contributed by atoms with Gasteiger partial charge in [0, 0.05) is 6.42 Å². The third-order valence-electron chi connectivity index (χ3n) is 3.54. The van der Waals surface area contributed by atoms with Crippen LogP contribution in [-0.4, -0.2) is 18.4 Å². The molecular weight excluding hydrogens is 204 g/mol. The second-order valence-electron chi connectivity index (χ2n) is 5.15. The van der Waals surface area contributed by atoms with Gasteiger partial charge in [0.1, 0.15) is 5.41 Å². The van der Waals surface area contributed by atoms with Gasteiger partial charge in [-0.3, -0.25) is 9.59 Å². The van der Waals surface area contributed by atoms with E-state index in [-0.39, 0.29) is 17.7 Å². The Hall–Kier alpha value is -0.860. The molecule has 0 bridgehead atoms. The normalized spacial score (nSPS) is 28.7. The Kier molecular flexibility index (Phi) is 4.11. The lowest BCUT2D eigenvalue weighted by atomic mass is 9.57. The molecule has 3 heteroatoms. The number of ketones is 1. The second-order valence-corrected chi connectivity index (χ2v) is 5.15. The predicted octanol–water partition coefficient (Wildman–Crippen LogP) is 2.58. The number of rotatable bonds is 5. The van der Waals surface area contributed by atoms with E-state index < -0.39 is 5.41 Å². The molecule has 0 heterocycles. The fraction of sp³-hybridized carbons (Fsp3) is 0.846. The van der Waals surface area contributed by atoms with Crippen molar-refractivity contribution in [2.45, 2.75) is 47.0 Å². The smallest absolute Gasteiger partial charge is 0.319 e. The highest BCUT2D eigenvalue weighted by atomic mass is 16.5. The molecule has 2 unspecified atom stereocenters. The Morgan fingerprint density at radius 2 is 2.06 bits per heavy atom. The summed E-state index contributed by atoms with van der Waals surface area (Å²) >= 11 is 0. The highest BCUT2D eigenvalue weighted by molar-refractivity contribution is 6.05. The van der Waals surface area contributed by atoms with E-state index >= 15 is 0 Å². The van der Waals surface area contributed by atoms with Crippen LogP contribution in [0.1, 0.15) is 47.0 Å². The highest BCUT2D eigenvalue weighted by Crippen LogP contribution is 2.49. The molecule has 16 heavy (non-hydrogen) atoms. The maximum Gasteiger partial charge on any atom is 0.319 e. The van der Waals surface area contributed by atoms with Gasteiger partial charge in [-0.15, -0.1) is 0 Å². The lowest BCUT2D eigenvalue weighted by molar-refractivity contribution is -0.172. The van der Waals surface area contributed by atoms with Crippen molar-refractivity contribution in [3.63, 3.8) is 0 Å². The zero-order chi connectivity index (χ0) is 12.3. The number of ether oxygens (including phenoxy) is 1. The maximum atomic E-state index is 12.2. The highest BCUT2D eigenvalue weighted by Gasteiger charge is 2.56. The first-order valence-corrected chi connectivity index (χ1v) is 6.15. The summed E-state index contributed by atoms with van der Waals surface area (Å²) in [7, 11) is 0. The van der Waals surface area contributed by atoms with Gasteiger partial charge in [0.25, 0.3) is 0 Å². The monoisotopic (exact) mass is 226 g/mol. The summed E-state index contributed by atoms with van der Waals surface area (Å²) in [5.74, 6) is 0.198. The van der Waals surface area contributed by atoms with Crippen molar-refractivity contribution in [2.24, 2.45) is 17.3 Å². The van der Waals surface area contributed by atoms with Gasteiger partial charge < -0.3 is 4.74 Å². The average Bonchev–Trinajstić information content (AvgIpc) is 2.15. The fourth-order valence-corrected chi connectivity index (χ4v) is 2.37. The van der Waals surface area contributed by atoms with Crippen LogP contribution in [0.25, 0.3) is 0 Å². The first kappa shape index (κ1) is 13.2. The summed E-state index contributed by atoms with van der Waals surface area (Å²) in [5, 5.41) is 0. The summed E-state index contributed by atoms with van der Waals surface area (Å²) in [6, 6.07) is 0. The second kappa shape index (κ2) is 4.98. The van der Waals surface area contributed by atoms with Crippen molar-refractivity contribution in [3.05, 3.63) is 0 Å². The van der Waals surface area contributed by atoms with E-state index in [1.165, 1.54) is 0 Å². The van der Waals surface area contributed by atoms with E-state index in [1.54, 1.807) is 6.92 Å². The molecule has 1 fully saturated rings. The molecule has 3 nitrogen and oxygen atoms in total. The van der Waals surface area contributed by atoms with Crippen molar-refractivity contribution >= 4 is 11.8 Å². The third kappa shape index (κ3) is 2.13. The van der Waals surface area contributed by atoms with Crippen molar-refractivity contribution in [1.29, 1.82) is 0 Å². The van der Waals surface area contributed by atoms with Gasteiger partial charge in [0.2, 0.25) is 0 Å². The molecule has 0 aromatic heterocycles. The van der Waals surface area contributed by atoms with Crippen LogP contribution in [0, 0.1) is 17.3 Å². The summed E-state index contributed by atoms with van der Waals surface area (Å²) < 4.78 is 5.06. The minimum absolute atomic E-state index is 0.0692. The number of esters is 1. The Labute approximate surface area is 97.5 Å². The van der Waals surface area contributed by atoms with Gasteiger partial charge in [-0.25, -0.2) is 0 Å². The van der Waals surface area contributed by atoms with Crippen LogP contribution < -0.4 is 0 Å². The van der Waals surface area contributed by atoms with Gasteiger partial charge in [-0.05, 0) is 31.6 Å². The van der Waals surface area contributed by atoms with Gasteiger partial charge in [-0.1, -0.05) is 20.8 Å². The molecule has 2 atom stereocenters. The van der Waals surface area contributed by atoms with E-state index in [0.29, 0.717) is 25.4 Å². The lowest BCUT2D eigenvalue weighted by Crippen LogP contribution is -2.52. The van der Waals surface area contributed by atoms with Crippen LogP contribution >= 0.6 is 0 Å². The molecule has 1 saturated carbocycles. The number of Topliss-reactive ketones (excluding diaryl/α,β-unsaturated/α-hetero) is 1. The number of carbonyl (C=O) groups excluding carboxylic acids is 2. The number of carbonyl (C=O) groups is 2. The van der Waals surface area contributed by atoms with E-state index in [2.05, 4.69) is 0 Å². The van der Waals surface area contributed by atoms with Gasteiger partial charge in [0.15, 0.2) is 5.78 Å². The SMILES string of the molecule is CCOC(=O)C1(C(=O)CC(C)C)CCC1C. The fourth-order valence-electron chi connectivity index (χ4n) is 2.37. The van der Waals surface area contributed by atoms with E-state index in [4.69, 9.17) is 4.74 Å². The molecule has 0 radical (unpaired) electrons. The van der Waals surface area contributed by atoms with Gasteiger partial charge in [-0.2, -0.15) is 0 Å². The summed E-state index contributed by atoms with van der Waals surface area (Å²) in [6.07, 6.45) is 2.09. The Morgan fingerprint density at radius 1 is 1.44 bits per heavy atom. The minimum Gasteiger partial charge on any atom is -0.465 e. The zero-order valence-electron chi connectivity index (χ0n) is 10.7. The molecule has 92 valence electrons. The minimum atomic E-state index is -0.819. The topological polar surface area (TPSA) is 43.4 Å². The molecule has 0 N–H and O–H groups in total. The predicted molar refractivity (Wildman–Crippen MR) is 61.9 cm³/mol. The lowest BCUT2D eigenvalue weighted by Gasteiger charge is -2.44. The van der Waals surface area contributed by atoms with Crippen molar-refractivity contribution in [2.75, 3.05) is 6.61 Å². The molecule has 0 spiro atoms. The van der Waals surface area contributed by atoms with E-state index in [9.17, 15) is 9.59 Å². The molecule has 0 aliphatic heterocycles. The molecule has 0 saturated heterocycles. The first-order chi connectivity index (χ1) is 7.45. The van der Waals surface area contributed by atoms with E-state index in [0.717, 1.165) is 6.42 Å². The Bertz CT molecular complexity index is 283. The standard InChI is InChI=1S/C13H22O3/c1-5-16-12(15)13(7-6-10(13)4)11(14)8-9(2)3/h9-10H,5-8H2,1-4H3. The maximum absolute atomic E-state index is 12.2. The zero-order valence-corrected chi connectivity index (χ0v) is 10.7. The molecule has 0 amide bonds. The Balaban J connectivity index is 2.81. The third-order valence-corrected chi connectivity index (χ3v) is 3.54. The van der Waals surface area contributed by atoms with Crippen LogP contribution in [-0.2, 0) is 14.3 Å². The van der Waals surface area contributed by atoms with Crippen LogP contribution in [0.5, 0.6) is 0 Å². The van der Waals surface area contributed by atoms with Gasteiger partial charge >= 0.3 is 5.97 Å². The van der Waals surface area contributed by atoms with Crippen molar-refractivity contribution in [3.8, 4) is 0 Å². The van der Waals surface area contributed by atoms with Crippen LogP contribution in [0.3, 0.4) is 0 Å². The van der Waals surface area contributed by atoms with Crippen molar-refractivity contribution < 1.29 is 14.3 Å². The van der Waals surface area contributed by atoms with Crippen LogP contribution in [0.15, 0.2) is 0 Å². The molecular formula is C13H22O3. The van der Waals surface area contributed by atoms with Crippen molar-refractivity contribution in [1.82, 2.24) is 0 Å². The number of hydrogen-bond acceptors (Lipinski definition) is 3. The molecule has 1 aliphatic carbocycles. The molecule has 1 aliphatic rings. The molecule has 0 aromatic carbocycles.